The van der Waals surface area contributed by atoms with Gasteiger partial charge in [-0.25, -0.2) is 8.78 Å². The lowest BCUT2D eigenvalue weighted by Crippen LogP contribution is -2.44. The van der Waals surface area contributed by atoms with Gasteiger partial charge in [-0.15, -0.1) is 0 Å². The summed E-state index contributed by atoms with van der Waals surface area (Å²) >= 11 is 0. The molecule has 128 valence electrons. The molecule has 1 aromatic carbocycles. The number of unbranched alkanes of at least 4 members (excludes halogenated alkanes) is 2. The van der Waals surface area contributed by atoms with E-state index in [4.69, 9.17) is 0 Å². The van der Waals surface area contributed by atoms with Crippen LogP contribution in [0.25, 0.3) is 0 Å². The maximum atomic E-state index is 13.9. The molecule has 1 fully saturated rings. The Morgan fingerprint density at radius 1 is 1.30 bits per heavy atom. The second-order valence-corrected chi connectivity index (χ2v) is 5.85. The number of anilines is 1. The van der Waals surface area contributed by atoms with E-state index in [1.54, 1.807) is 11.9 Å². The summed E-state index contributed by atoms with van der Waals surface area (Å²) in [6.45, 7) is 4.24. The Balaban J connectivity index is 1.87. The van der Waals surface area contributed by atoms with Gasteiger partial charge in [0, 0.05) is 32.7 Å². The fourth-order valence-electron chi connectivity index (χ4n) is 2.84. The van der Waals surface area contributed by atoms with Crippen molar-refractivity contribution < 1.29 is 8.78 Å². The Morgan fingerprint density at radius 2 is 2.04 bits per heavy atom. The molecule has 0 bridgehead atoms. The lowest BCUT2D eigenvalue weighted by Gasteiger charge is -2.21. The predicted octanol–water partition coefficient (Wildman–Crippen LogP) is 2.90. The summed E-state index contributed by atoms with van der Waals surface area (Å²) in [6.07, 6.45) is 4.30. The summed E-state index contributed by atoms with van der Waals surface area (Å²) in [5, 5.41) is 6.61. The van der Waals surface area contributed by atoms with Crippen LogP contribution in [-0.2, 0) is 0 Å². The molecule has 1 atom stereocenters. The van der Waals surface area contributed by atoms with E-state index in [2.05, 4.69) is 22.5 Å². The van der Waals surface area contributed by atoms with Crippen LogP contribution in [-0.4, -0.2) is 38.7 Å². The Bertz CT molecular complexity index is 513. The monoisotopic (exact) mass is 324 g/mol. The zero-order chi connectivity index (χ0) is 16.7. The highest BCUT2D eigenvalue weighted by Gasteiger charge is 2.27. The van der Waals surface area contributed by atoms with Gasteiger partial charge in [0.15, 0.2) is 5.96 Å². The van der Waals surface area contributed by atoms with Crippen molar-refractivity contribution in [2.75, 3.05) is 31.6 Å². The highest BCUT2D eigenvalue weighted by molar-refractivity contribution is 5.80. The van der Waals surface area contributed by atoms with E-state index in [9.17, 15) is 8.78 Å². The first-order valence-electron chi connectivity index (χ1n) is 8.31. The standard InChI is InChI=1S/C17H26F2N4/c1-3-4-5-10-21-17(20-2)22-13-9-11-23(12-13)16-14(18)7-6-8-15(16)19/h6-8,13H,3-5,9-12H2,1-2H3,(H2,20,21,22). The van der Waals surface area contributed by atoms with Gasteiger partial charge >= 0.3 is 0 Å². The summed E-state index contributed by atoms with van der Waals surface area (Å²) in [5.41, 5.74) is 0.0719. The van der Waals surface area contributed by atoms with Gasteiger partial charge in [0.1, 0.15) is 17.3 Å². The lowest BCUT2D eigenvalue weighted by atomic mass is 10.2. The second-order valence-electron chi connectivity index (χ2n) is 5.85. The van der Waals surface area contributed by atoms with Gasteiger partial charge in [-0.3, -0.25) is 4.99 Å². The van der Waals surface area contributed by atoms with Crippen molar-refractivity contribution in [2.24, 2.45) is 4.99 Å². The normalized spacial score (nSPS) is 18.3. The third kappa shape index (κ3) is 4.81. The third-order valence-corrected chi connectivity index (χ3v) is 4.08. The van der Waals surface area contributed by atoms with Crippen molar-refractivity contribution in [1.29, 1.82) is 0 Å². The molecule has 0 radical (unpaired) electrons. The summed E-state index contributed by atoms with van der Waals surface area (Å²) < 4.78 is 27.7. The van der Waals surface area contributed by atoms with Crippen molar-refractivity contribution in [3.8, 4) is 0 Å². The number of benzene rings is 1. The first-order valence-corrected chi connectivity index (χ1v) is 8.31. The minimum Gasteiger partial charge on any atom is -0.365 e. The molecule has 1 aromatic rings. The first kappa shape index (κ1) is 17.5. The molecule has 1 unspecified atom stereocenters. The fraction of sp³-hybridized carbons (Fsp3) is 0.588. The molecule has 23 heavy (non-hydrogen) atoms. The molecule has 1 saturated heterocycles. The minimum absolute atomic E-state index is 0.0719. The highest BCUT2D eigenvalue weighted by atomic mass is 19.1. The van der Waals surface area contributed by atoms with E-state index in [0.29, 0.717) is 13.1 Å². The van der Waals surface area contributed by atoms with E-state index in [0.717, 1.165) is 25.3 Å². The Labute approximate surface area is 137 Å². The molecule has 0 aliphatic carbocycles. The van der Waals surface area contributed by atoms with Gasteiger partial charge in [-0.1, -0.05) is 25.8 Å². The largest absolute Gasteiger partial charge is 0.365 e. The van der Waals surface area contributed by atoms with Crippen LogP contribution >= 0.6 is 0 Å². The quantitative estimate of drug-likeness (QED) is 0.480. The summed E-state index contributed by atoms with van der Waals surface area (Å²) in [4.78, 5) is 5.97. The maximum Gasteiger partial charge on any atom is 0.191 e. The lowest BCUT2D eigenvalue weighted by molar-refractivity contribution is 0.575. The Kier molecular flexibility index (Phi) is 6.62. The van der Waals surface area contributed by atoms with Gasteiger partial charge < -0.3 is 15.5 Å². The second kappa shape index (κ2) is 8.70. The van der Waals surface area contributed by atoms with Crippen molar-refractivity contribution >= 4 is 11.6 Å². The number of rotatable bonds is 6. The Hall–Kier alpha value is -1.85. The van der Waals surface area contributed by atoms with Crippen LogP contribution in [0.2, 0.25) is 0 Å². The van der Waals surface area contributed by atoms with Gasteiger partial charge in [-0.05, 0) is 25.0 Å². The van der Waals surface area contributed by atoms with Gasteiger partial charge in [-0.2, -0.15) is 0 Å². The molecule has 1 heterocycles. The molecule has 0 spiro atoms. The molecule has 1 aliphatic heterocycles. The van der Waals surface area contributed by atoms with Crippen LogP contribution in [0, 0.1) is 11.6 Å². The SMILES string of the molecule is CCCCCNC(=NC)NC1CCN(c2c(F)cccc2F)C1. The van der Waals surface area contributed by atoms with E-state index in [-0.39, 0.29) is 11.7 Å². The number of hydrogen-bond acceptors (Lipinski definition) is 2. The van der Waals surface area contributed by atoms with Crippen LogP contribution in [0.15, 0.2) is 23.2 Å². The van der Waals surface area contributed by atoms with Crippen molar-refractivity contribution in [3.05, 3.63) is 29.8 Å². The van der Waals surface area contributed by atoms with Gasteiger partial charge in [0.05, 0.1) is 0 Å². The third-order valence-electron chi connectivity index (χ3n) is 4.08. The molecule has 4 nitrogen and oxygen atoms in total. The van der Waals surface area contributed by atoms with Crippen molar-refractivity contribution in [3.63, 3.8) is 0 Å². The maximum absolute atomic E-state index is 13.9. The molecule has 2 N–H and O–H groups in total. The number of nitrogens with one attached hydrogen (secondary N) is 2. The molecule has 0 saturated carbocycles. The van der Waals surface area contributed by atoms with Gasteiger partial charge in [0.2, 0.25) is 0 Å². The van der Waals surface area contributed by atoms with Crippen LogP contribution in [0.4, 0.5) is 14.5 Å². The fourth-order valence-corrected chi connectivity index (χ4v) is 2.84. The Morgan fingerprint density at radius 3 is 2.70 bits per heavy atom. The summed E-state index contributed by atoms with van der Waals surface area (Å²) in [7, 11) is 1.73. The van der Waals surface area contributed by atoms with Crippen molar-refractivity contribution in [2.45, 2.75) is 38.6 Å². The number of halogens is 2. The van der Waals surface area contributed by atoms with Crippen LogP contribution in [0.5, 0.6) is 0 Å². The molecular weight excluding hydrogens is 298 g/mol. The van der Waals surface area contributed by atoms with Crippen LogP contribution < -0.4 is 15.5 Å². The summed E-state index contributed by atoms with van der Waals surface area (Å²) in [5.74, 6) is -0.262. The van der Waals surface area contributed by atoms with E-state index in [1.807, 2.05) is 0 Å². The van der Waals surface area contributed by atoms with E-state index in [1.165, 1.54) is 31.0 Å². The van der Waals surface area contributed by atoms with Gasteiger partial charge in [0.25, 0.3) is 0 Å². The average Bonchev–Trinajstić information content (AvgIpc) is 2.98. The molecule has 6 heteroatoms. The smallest absolute Gasteiger partial charge is 0.191 e. The number of para-hydroxylation sites is 1. The molecule has 1 aliphatic rings. The topological polar surface area (TPSA) is 39.7 Å². The zero-order valence-corrected chi connectivity index (χ0v) is 13.9. The molecule has 0 aromatic heterocycles. The summed E-state index contributed by atoms with van der Waals surface area (Å²) in [6, 6.07) is 4.12. The molecule has 2 rings (SSSR count). The number of aliphatic imine (C=N–C) groups is 1. The van der Waals surface area contributed by atoms with E-state index < -0.39 is 11.6 Å². The van der Waals surface area contributed by atoms with Crippen LogP contribution in [0.3, 0.4) is 0 Å². The molecule has 0 amide bonds. The van der Waals surface area contributed by atoms with Crippen LogP contribution in [0.1, 0.15) is 32.6 Å². The number of hydrogen-bond donors (Lipinski definition) is 2. The zero-order valence-electron chi connectivity index (χ0n) is 13.9. The predicted molar refractivity (Wildman–Crippen MR) is 91.0 cm³/mol. The number of guanidine groups is 1. The average molecular weight is 324 g/mol. The molecular formula is C17H26F2N4. The highest BCUT2D eigenvalue weighted by Crippen LogP contribution is 2.26. The van der Waals surface area contributed by atoms with E-state index >= 15 is 0 Å². The first-order chi connectivity index (χ1) is 11.2. The minimum atomic E-state index is -0.507. The van der Waals surface area contributed by atoms with Crippen molar-refractivity contribution in [1.82, 2.24) is 10.6 Å². The number of nitrogens with zero attached hydrogens (tertiary/aromatic N) is 2.